The third kappa shape index (κ3) is 5.05. The summed E-state index contributed by atoms with van der Waals surface area (Å²) in [6, 6.07) is 7.15. The fourth-order valence-corrected chi connectivity index (χ4v) is 2.63. The number of hydrogen-bond acceptors (Lipinski definition) is 7. The van der Waals surface area contributed by atoms with Crippen LogP contribution in [-0.2, 0) is 9.53 Å². The predicted molar refractivity (Wildman–Crippen MR) is 99.5 cm³/mol. The molecule has 0 aliphatic carbocycles. The summed E-state index contributed by atoms with van der Waals surface area (Å²) >= 11 is 0. The predicted octanol–water partition coefficient (Wildman–Crippen LogP) is 0.899. The van der Waals surface area contributed by atoms with Crippen LogP contribution >= 0.6 is 0 Å². The lowest BCUT2D eigenvalue weighted by Crippen LogP contribution is -2.36. The Kier molecular flexibility index (Phi) is 6.05. The van der Waals surface area contributed by atoms with E-state index in [4.69, 9.17) is 14.9 Å². The number of nitrogens with two attached hydrogens (primary N) is 1. The Morgan fingerprint density at radius 2 is 1.96 bits per heavy atom. The SMILES string of the molecule is C[C@H](N)c1nc(C(=O)NCC(=O)Nc2ccc(N3CCOCC3)cc2)co1. The number of amides is 2. The molecule has 2 aromatic rings. The Labute approximate surface area is 156 Å². The lowest BCUT2D eigenvalue weighted by molar-refractivity contribution is -0.115. The van der Waals surface area contributed by atoms with Crippen LogP contribution in [0.4, 0.5) is 11.4 Å². The van der Waals surface area contributed by atoms with E-state index in [-0.39, 0.29) is 24.0 Å². The lowest BCUT2D eigenvalue weighted by Gasteiger charge is -2.28. The molecule has 4 N–H and O–H groups in total. The lowest BCUT2D eigenvalue weighted by atomic mass is 10.2. The molecule has 9 nitrogen and oxygen atoms in total. The second kappa shape index (κ2) is 8.65. The van der Waals surface area contributed by atoms with Gasteiger partial charge in [0.15, 0.2) is 5.69 Å². The van der Waals surface area contributed by atoms with Crippen molar-refractivity contribution < 1.29 is 18.7 Å². The number of anilines is 2. The van der Waals surface area contributed by atoms with Gasteiger partial charge in [0.2, 0.25) is 11.8 Å². The zero-order valence-corrected chi connectivity index (χ0v) is 15.1. The molecule has 0 spiro atoms. The van der Waals surface area contributed by atoms with Crippen LogP contribution in [0.25, 0.3) is 0 Å². The Morgan fingerprint density at radius 3 is 2.59 bits per heavy atom. The Morgan fingerprint density at radius 1 is 1.26 bits per heavy atom. The number of hydrogen-bond donors (Lipinski definition) is 3. The number of nitrogens with zero attached hydrogens (tertiary/aromatic N) is 2. The fraction of sp³-hybridized carbons (Fsp3) is 0.389. The molecule has 2 amide bonds. The number of carbonyl (C=O) groups is 2. The van der Waals surface area contributed by atoms with E-state index in [1.807, 2.05) is 24.3 Å². The minimum Gasteiger partial charge on any atom is -0.446 e. The highest BCUT2D eigenvalue weighted by Crippen LogP contribution is 2.19. The molecule has 0 saturated carbocycles. The number of ether oxygens (including phenoxy) is 1. The van der Waals surface area contributed by atoms with Crippen molar-refractivity contribution in [3.05, 3.63) is 42.1 Å². The molecule has 144 valence electrons. The van der Waals surface area contributed by atoms with E-state index in [1.54, 1.807) is 6.92 Å². The Bertz CT molecular complexity index is 781. The van der Waals surface area contributed by atoms with Gasteiger partial charge in [0.25, 0.3) is 5.91 Å². The first kappa shape index (κ1) is 18.9. The third-order valence-corrected chi connectivity index (χ3v) is 4.08. The van der Waals surface area contributed by atoms with Gasteiger partial charge in [-0.2, -0.15) is 0 Å². The molecule has 1 aliphatic rings. The van der Waals surface area contributed by atoms with E-state index in [9.17, 15) is 9.59 Å². The zero-order valence-electron chi connectivity index (χ0n) is 15.1. The number of benzene rings is 1. The maximum Gasteiger partial charge on any atom is 0.273 e. The topological polar surface area (TPSA) is 123 Å². The maximum atomic E-state index is 12.0. The van der Waals surface area contributed by atoms with Gasteiger partial charge in [-0.1, -0.05) is 0 Å². The van der Waals surface area contributed by atoms with E-state index in [0.29, 0.717) is 5.69 Å². The minimum absolute atomic E-state index is 0.0879. The zero-order chi connectivity index (χ0) is 19.2. The molecule has 1 saturated heterocycles. The summed E-state index contributed by atoms with van der Waals surface area (Å²) in [6.07, 6.45) is 1.22. The fourth-order valence-electron chi connectivity index (χ4n) is 2.63. The monoisotopic (exact) mass is 373 g/mol. The molecule has 1 fully saturated rings. The molecule has 1 atom stereocenters. The quantitative estimate of drug-likeness (QED) is 0.687. The second-order valence-corrected chi connectivity index (χ2v) is 6.24. The van der Waals surface area contributed by atoms with Gasteiger partial charge in [-0.15, -0.1) is 0 Å². The second-order valence-electron chi connectivity index (χ2n) is 6.24. The van der Waals surface area contributed by atoms with Crippen molar-refractivity contribution in [2.45, 2.75) is 13.0 Å². The molecule has 1 aliphatic heterocycles. The van der Waals surface area contributed by atoms with Gasteiger partial charge in [-0.25, -0.2) is 4.98 Å². The van der Waals surface area contributed by atoms with Gasteiger partial charge in [0.1, 0.15) is 6.26 Å². The Hall–Kier alpha value is -2.91. The van der Waals surface area contributed by atoms with Gasteiger partial charge >= 0.3 is 0 Å². The first-order chi connectivity index (χ1) is 13.0. The summed E-state index contributed by atoms with van der Waals surface area (Å²) < 4.78 is 10.4. The highest BCUT2D eigenvalue weighted by Gasteiger charge is 2.15. The molecular formula is C18H23N5O4. The Balaban J connectivity index is 1.47. The molecule has 0 bridgehead atoms. The van der Waals surface area contributed by atoms with Crippen LogP contribution in [0.1, 0.15) is 29.3 Å². The van der Waals surface area contributed by atoms with Crippen molar-refractivity contribution in [1.29, 1.82) is 0 Å². The molecule has 2 heterocycles. The number of carbonyl (C=O) groups excluding carboxylic acids is 2. The third-order valence-electron chi connectivity index (χ3n) is 4.08. The smallest absolute Gasteiger partial charge is 0.273 e. The van der Waals surface area contributed by atoms with Crippen LogP contribution in [0.15, 0.2) is 34.9 Å². The molecule has 0 unspecified atom stereocenters. The van der Waals surface area contributed by atoms with E-state index in [1.165, 1.54) is 6.26 Å². The first-order valence-corrected chi connectivity index (χ1v) is 8.75. The summed E-state index contributed by atoms with van der Waals surface area (Å²) in [4.78, 5) is 30.2. The summed E-state index contributed by atoms with van der Waals surface area (Å²) in [5.41, 5.74) is 7.46. The number of rotatable bonds is 6. The molecule has 0 radical (unpaired) electrons. The normalized spacial score (nSPS) is 15.3. The molecule has 3 rings (SSSR count). The van der Waals surface area contributed by atoms with Crippen molar-refractivity contribution in [1.82, 2.24) is 10.3 Å². The summed E-state index contributed by atoms with van der Waals surface area (Å²) in [6.45, 7) is 4.66. The van der Waals surface area contributed by atoms with E-state index in [0.717, 1.165) is 32.0 Å². The van der Waals surface area contributed by atoms with Crippen LogP contribution < -0.4 is 21.3 Å². The highest BCUT2D eigenvalue weighted by atomic mass is 16.5. The minimum atomic E-state index is -0.497. The van der Waals surface area contributed by atoms with E-state index < -0.39 is 11.9 Å². The molecule has 1 aromatic heterocycles. The average Bonchev–Trinajstić information content (AvgIpc) is 3.18. The van der Waals surface area contributed by atoms with Crippen LogP contribution in [0, 0.1) is 0 Å². The van der Waals surface area contributed by atoms with Crippen LogP contribution in [0.3, 0.4) is 0 Å². The van der Waals surface area contributed by atoms with Gasteiger partial charge in [0.05, 0.1) is 25.8 Å². The summed E-state index contributed by atoms with van der Waals surface area (Å²) in [7, 11) is 0. The van der Waals surface area contributed by atoms with Crippen LogP contribution in [0.5, 0.6) is 0 Å². The first-order valence-electron chi connectivity index (χ1n) is 8.75. The number of nitrogens with one attached hydrogen (secondary N) is 2. The molecular weight excluding hydrogens is 350 g/mol. The molecule has 27 heavy (non-hydrogen) atoms. The summed E-state index contributed by atoms with van der Waals surface area (Å²) in [5, 5.41) is 5.24. The van der Waals surface area contributed by atoms with Crippen molar-refractivity contribution in [2.75, 3.05) is 43.1 Å². The van der Waals surface area contributed by atoms with Gasteiger partial charge < -0.3 is 30.4 Å². The van der Waals surface area contributed by atoms with Crippen molar-refractivity contribution >= 4 is 23.2 Å². The molecule has 1 aromatic carbocycles. The van der Waals surface area contributed by atoms with Crippen LogP contribution in [0.2, 0.25) is 0 Å². The van der Waals surface area contributed by atoms with Crippen molar-refractivity contribution in [3.63, 3.8) is 0 Å². The van der Waals surface area contributed by atoms with Gasteiger partial charge in [-0.3, -0.25) is 9.59 Å². The highest BCUT2D eigenvalue weighted by molar-refractivity contribution is 5.98. The standard InChI is InChI=1S/C18H23N5O4/c1-12(19)18-22-15(11-27-18)17(25)20-10-16(24)21-13-2-4-14(5-3-13)23-6-8-26-9-7-23/h2-5,11-12H,6-10,19H2,1H3,(H,20,25)(H,21,24)/t12-/m0/s1. The van der Waals surface area contributed by atoms with Crippen LogP contribution in [-0.4, -0.2) is 49.6 Å². The molecule has 9 heteroatoms. The number of morpholine rings is 1. The number of oxazole rings is 1. The maximum absolute atomic E-state index is 12.0. The van der Waals surface area contributed by atoms with E-state index in [2.05, 4.69) is 20.5 Å². The summed E-state index contributed by atoms with van der Waals surface area (Å²) in [5.74, 6) is -0.563. The van der Waals surface area contributed by atoms with Gasteiger partial charge in [-0.05, 0) is 31.2 Å². The van der Waals surface area contributed by atoms with Crippen molar-refractivity contribution in [2.24, 2.45) is 5.73 Å². The van der Waals surface area contributed by atoms with Gasteiger partial charge in [0, 0.05) is 24.5 Å². The largest absolute Gasteiger partial charge is 0.446 e. The number of aromatic nitrogens is 1. The van der Waals surface area contributed by atoms with E-state index >= 15 is 0 Å². The average molecular weight is 373 g/mol. The van der Waals surface area contributed by atoms with Crippen molar-refractivity contribution in [3.8, 4) is 0 Å².